The van der Waals surface area contributed by atoms with Gasteiger partial charge in [0.15, 0.2) is 5.52 Å². The molecule has 1 N–H and O–H groups in total. The third kappa shape index (κ3) is 4.36. The summed E-state index contributed by atoms with van der Waals surface area (Å²) in [7, 11) is 0. The van der Waals surface area contributed by atoms with Crippen LogP contribution in [0.15, 0.2) is 64.2 Å². The van der Waals surface area contributed by atoms with Crippen LogP contribution in [0.4, 0.5) is 5.69 Å². The first-order valence-electron chi connectivity index (χ1n) is 11.2. The van der Waals surface area contributed by atoms with Crippen molar-refractivity contribution >= 4 is 22.6 Å². The summed E-state index contributed by atoms with van der Waals surface area (Å²) in [6.07, 6.45) is 0. The summed E-state index contributed by atoms with van der Waals surface area (Å²) >= 11 is 0. The second-order valence-corrected chi connectivity index (χ2v) is 7.82. The lowest BCUT2D eigenvalue weighted by Gasteiger charge is -2.14. The summed E-state index contributed by atoms with van der Waals surface area (Å²) in [5, 5.41) is 7.26. The van der Waals surface area contributed by atoms with Crippen LogP contribution in [-0.4, -0.2) is 31.4 Å². The van der Waals surface area contributed by atoms with Crippen molar-refractivity contribution in [2.24, 2.45) is 0 Å². The van der Waals surface area contributed by atoms with Gasteiger partial charge in [-0.3, -0.25) is 23.4 Å². The highest BCUT2D eigenvalue weighted by atomic mass is 16.5. The normalized spacial score (nSPS) is 11.0. The van der Waals surface area contributed by atoms with Crippen molar-refractivity contribution in [1.82, 2.24) is 18.9 Å². The summed E-state index contributed by atoms with van der Waals surface area (Å²) in [6.45, 7) is 6.19. The number of rotatable bonds is 8. The molecule has 0 saturated carbocycles. The van der Waals surface area contributed by atoms with Crippen molar-refractivity contribution in [3.05, 3.63) is 86.7 Å². The Morgan fingerprint density at radius 1 is 0.971 bits per heavy atom. The molecule has 9 nitrogen and oxygen atoms in total. The number of nitrogens with one attached hydrogen (secondary N) is 1. The molecule has 0 bridgehead atoms. The summed E-state index contributed by atoms with van der Waals surface area (Å²) in [5.41, 5.74) is 1.52. The molecular formula is C25H27N5O4. The predicted octanol–water partition coefficient (Wildman–Crippen LogP) is 2.77. The van der Waals surface area contributed by atoms with Gasteiger partial charge in [0.1, 0.15) is 17.8 Å². The molecule has 0 atom stereocenters. The monoisotopic (exact) mass is 461 g/mol. The number of amides is 1. The number of para-hydroxylation sites is 2. The second-order valence-electron chi connectivity index (χ2n) is 7.82. The van der Waals surface area contributed by atoms with Gasteiger partial charge < -0.3 is 10.1 Å². The fourth-order valence-corrected chi connectivity index (χ4v) is 4.03. The van der Waals surface area contributed by atoms with E-state index in [0.29, 0.717) is 41.3 Å². The quantitative estimate of drug-likeness (QED) is 0.435. The molecule has 0 aliphatic rings. The van der Waals surface area contributed by atoms with Crippen LogP contribution in [0.3, 0.4) is 0 Å². The number of carbonyl (C=O) groups is 1. The Bertz CT molecular complexity index is 1450. The SMILES string of the molecule is CCOc1ccccc1NC(=O)Cn1c(=O)n(Cc2ccccc2)c(=O)c2c1c(C)nn2CC. The smallest absolute Gasteiger partial charge is 0.332 e. The molecule has 0 aliphatic carbocycles. The number of fused-ring (bicyclic) bond motifs is 1. The van der Waals surface area contributed by atoms with E-state index >= 15 is 0 Å². The zero-order valence-corrected chi connectivity index (χ0v) is 19.4. The largest absolute Gasteiger partial charge is 0.492 e. The molecule has 0 unspecified atom stereocenters. The Morgan fingerprint density at radius 2 is 1.68 bits per heavy atom. The van der Waals surface area contributed by atoms with Crippen LogP contribution in [0.5, 0.6) is 5.75 Å². The van der Waals surface area contributed by atoms with Gasteiger partial charge in [-0.05, 0) is 38.5 Å². The summed E-state index contributed by atoms with van der Waals surface area (Å²) in [6, 6.07) is 16.4. The van der Waals surface area contributed by atoms with E-state index in [9.17, 15) is 14.4 Å². The van der Waals surface area contributed by atoms with Crippen LogP contribution in [0, 0.1) is 6.92 Å². The summed E-state index contributed by atoms with van der Waals surface area (Å²) in [4.78, 5) is 39.9. The van der Waals surface area contributed by atoms with Gasteiger partial charge in [-0.15, -0.1) is 0 Å². The van der Waals surface area contributed by atoms with Crippen molar-refractivity contribution < 1.29 is 9.53 Å². The molecular weight excluding hydrogens is 434 g/mol. The topological polar surface area (TPSA) is 100 Å². The zero-order chi connectivity index (χ0) is 24.2. The standard InChI is InChI=1S/C25H27N5O4/c1-4-30-23-22(17(3)27-30)28(16-21(31)26-19-13-9-10-14-20(19)34-5-2)25(33)29(24(23)32)15-18-11-7-6-8-12-18/h6-14H,4-5,15-16H2,1-3H3,(H,26,31). The maximum Gasteiger partial charge on any atom is 0.332 e. The van der Waals surface area contributed by atoms with E-state index < -0.39 is 17.2 Å². The van der Waals surface area contributed by atoms with Gasteiger partial charge in [0.2, 0.25) is 5.91 Å². The number of ether oxygens (including phenoxy) is 1. The third-order valence-corrected chi connectivity index (χ3v) is 5.52. The highest BCUT2D eigenvalue weighted by Gasteiger charge is 2.22. The first kappa shape index (κ1) is 23.0. The van der Waals surface area contributed by atoms with E-state index in [4.69, 9.17) is 4.74 Å². The Kier molecular flexibility index (Phi) is 6.62. The number of nitrogens with zero attached hydrogens (tertiary/aromatic N) is 4. The van der Waals surface area contributed by atoms with Gasteiger partial charge >= 0.3 is 5.69 Å². The average molecular weight is 462 g/mol. The molecule has 2 heterocycles. The van der Waals surface area contributed by atoms with Crippen LogP contribution in [-0.2, 0) is 24.4 Å². The first-order valence-corrected chi connectivity index (χ1v) is 11.2. The number of benzene rings is 2. The van der Waals surface area contributed by atoms with Crippen LogP contribution in [0.25, 0.3) is 11.0 Å². The van der Waals surface area contributed by atoms with Crippen molar-refractivity contribution in [3.8, 4) is 5.75 Å². The zero-order valence-electron chi connectivity index (χ0n) is 19.4. The summed E-state index contributed by atoms with van der Waals surface area (Å²) in [5.74, 6) is 0.129. The molecule has 0 spiro atoms. The molecule has 2 aromatic carbocycles. The van der Waals surface area contributed by atoms with Crippen LogP contribution in [0.1, 0.15) is 25.1 Å². The minimum atomic E-state index is -0.562. The maximum absolute atomic E-state index is 13.5. The third-order valence-electron chi connectivity index (χ3n) is 5.52. The van der Waals surface area contributed by atoms with Gasteiger partial charge in [-0.2, -0.15) is 5.10 Å². The average Bonchev–Trinajstić information content (AvgIpc) is 3.18. The van der Waals surface area contributed by atoms with Crippen LogP contribution < -0.4 is 21.3 Å². The molecule has 0 fully saturated rings. The number of aromatic nitrogens is 4. The van der Waals surface area contributed by atoms with Crippen molar-refractivity contribution in [3.63, 3.8) is 0 Å². The fraction of sp³-hybridized carbons (Fsp3) is 0.280. The molecule has 2 aromatic heterocycles. The minimum absolute atomic E-state index is 0.0944. The van der Waals surface area contributed by atoms with E-state index in [1.807, 2.05) is 50.2 Å². The number of anilines is 1. The Hall–Kier alpha value is -4.14. The number of carbonyl (C=O) groups excluding carboxylic acids is 1. The van der Waals surface area contributed by atoms with E-state index in [1.54, 1.807) is 29.8 Å². The molecule has 4 rings (SSSR count). The van der Waals surface area contributed by atoms with Gasteiger partial charge in [-0.25, -0.2) is 4.79 Å². The lowest BCUT2D eigenvalue weighted by molar-refractivity contribution is -0.116. The molecule has 1 amide bonds. The second kappa shape index (κ2) is 9.78. The number of aryl methyl sites for hydroxylation is 2. The van der Waals surface area contributed by atoms with Crippen molar-refractivity contribution in [2.45, 2.75) is 40.4 Å². The van der Waals surface area contributed by atoms with Gasteiger partial charge in [0.25, 0.3) is 5.56 Å². The first-order chi connectivity index (χ1) is 16.4. The van der Waals surface area contributed by atoms with Gasteiger partial charge in [0, 0.05) is 6.54 Å². The van der Waals surface area contributed by atoms with Crippen molar-refractivity contribution in [1.29, 1.82) is 0 Å². The highest BCUT2D eigenvalue weighted by molar-refractivity contribution is 5.93. The molecule has 4 aromatic rings. The molecule has 9 heteroatoms. The van der Waals surface area contributed by atoms with Crippen molar-refractivity contribution in [2.75, 3.05) is 11.9 Å². The lowest BCUT2D eigenvalue weighted by atomic mass is 10.2. The number of hydrogen-bond donors (Lipinski definition) is 1. The molecule has 0 saturated heterocycles. The van der Waals surface area contributed by atoms with E-state index in [1.165, 1.54) is 4.57 Å². The Morgan fingerprint density at radius 3 is 2.38 bits per heavy atom. The molecule has 0 aliphatic heterocycles. The molecule has 34 heavy (non-hydrogen) atoms. The Balaban J connectivity index is 1.80. The maximum atomic E-state index is 13.5. The number of hydrogen-bond acceptors (Lipinski definition) is 5. The molecule has 0 radical (unpaired) electrons. The Labute approximate surface area is 196 Å². The van der Waals surface area contributed by atoms with E-state index in [0.717, 1.165) is 10.1 Å². The van der Waals surface area contributed by atoms with E-state index in [-0.39, 0.29) is 13.1 Å². The lowest BCUT2D eigenvalue weighted by Crippen LogP contribution is -2.42. The van der Waals surface area contributed by atoms with Crippen LogP contribution >= 0.6 is 0 Å². The fourth-order valence-electron chi connectivity index (χ4n) is 4.03. The highest BCUT2D eigenvalue weighted by Crippen LogP contribution is 2.23. The minimum Gasteiger partial charge on any atom is -0.492 e. The van der Waals surface area contributed by atoms with Gasteiger partial charge in [0.05, 0.1) is 24.5 Å². The van der Waals surface area contributed by atoms with Gasteiger partial charge in [-0.1, -0.05) is 42.5 Å². The summed E-state index contributed by atoms with van der Waals surface area (Å²) < 4.78 is 9.64. The predicted molar refractivity (Wildman–Crippen MR) is 130 cm³/mol. The molecule has 176 valence electrons. The van der Waals surface area contributed by atoms with Crippen LogP contribution in [0.2, 0.25) is 0 Å². The van der Waals surface area contributed by atoms with E-state index in [2.05, 4.69) is 10.4 Å².